The number of hydrogen-bond acceptors (Lipinski definition) is 4. The van der Waals surface area contributed by atoms with E-state index in [1.165, 1.54) is 0 Å². The van der Waals surface area contributed by atoms with E-state index in [4.69, 9.17) is 4.74 Å². The number of amides is 1. The predicted octanol–water partition coefficient (Wildman–Crippen LogP) is 1.70. The van der Waals surface area contributed by atoms with Crippen molar-refractivity contribution in [3.8, 4) is 0 Å². The van der Waals surface area contributed by atoms with Gasteiger partial charge in [0.25, 0.3) is 5.91 Å². The summed E-state index contributed by atoms with van der Waals surface area (Å²) in [4.78, 5) is 14.2. The summed E-state index contributed by atoms with van der Waals surface area (Å²) in [5.41, 5.74) is 1.02. The molecular weight excluding hydrogens is 304 g/mol. The molecule has 1 heterocycles. The van der Waals surface area contributed by atoms with Crippen LogP contribution in [-0.2, 0) is 14.8 Å². The minimum Gasteiger partial charge on any atom is -0.380 e. The smallest absolute Gasteiger partial charge is 0.253 e. The Hall–Kier alpha value is -1.60. The van der Waals surface area contributed by atoms with Crippen LogP contribution in [0.2, 0.25) is 0 Å². The number of carbonyl (C=O) groups is 1. The average molecular weight is 326 g/mol. The highest BCUT2D eigenvalue weighted by Crippen LogP contribution is 2.17. The zero-order valence-corrected chi connectivity index (χ0v) is 13.7. The summed E-state index contributed by atoms with van der Waals surface area (Å²) in [5.74, 6) is -0.0356. The quantitative estimate of drug-likeness (QED) is 0.893. The summed E-state index contributed by atoms with van der Waals surface area (Å²) in [5, 5.41) is 0. The molecule has 1 atom stereocenters. The highest BCUT2D eigenvalue weighted by Gasteiger charge is 2.24. The van der Waals surface area contributed by atoms with E-state index in [-0.39, 0.29) is 17.8 Å². The van der Waals surface area contributed by atoms with Gasteiger partial charge in [-0.05, 0) is 44.0 Å². The maximum absolute atomic E-state index is 12.4. The van der Waals surface area contributed by atoms with Gasteiger partial charge in [0.1, 0.15) is 0 Å². The summed E-state index contributed by atoms with van der Waals surface area (Å²) in [7, 11) is -1.64. The van der Waals surface area contributed by atoms with Crippen molar-refractivity contribution in [3.63, 3.8) is 0 Å². The second-order valence-corrected chi connectivity index (χ2v) is 7.34. The second kappa shape index (κ2) is 7.11. The van der Waals surface area contributed by atoms with Crippen molar-refractivity contribution in [1.82, 2.24) is 4.90 Å². The summed E-state index contributed by atoms with van der Waals surface area (Å²) in [6, 6.07) is 6.51. The Morgan fingerprint density at radius 1 is 1.36 bits per heavy atom. The van der Waals surface area contributed by atoms with Crippen LogP contribution in [0.1, 0.15) is 30.1 Å². The molecule has 0 unspecified atom stereocenters. The number of carbonyl (C=O) groups excluding carboxylic acids is 1. The number of benzene rings is 1. The number of sulfonamides is 1. The van der Waals surface area contributed by atoms with Crippen molar-refractivity contribution >= 4 is 21.6 Å². The van der Waals surface area contributed by atoms with Crippen LogP contribution in [-0.4, -0.2) is 51.3 Å². The first-order valence-corrected chi connectivity index (χ1v) is 9.03. The molecule has 0 aromatic heterocycles. The van der Waals surface area contributed by atoms with E-state index in [1.54, 1.807) is 43.2 Å². The minimum absolute atomic E-state index is 0.0138. The molecule has 7 heteroatoms. The van der Waals surface area contributed by atoms with Gasteiger partial charge in [-0.1, -0.05) is 0 Å². The number of anilines is 1. The van der Waals surface area contributed by atoms with Gasteiger partial charge in [-0.15, -0.1) is 0 Å². The molecule has 1 amide bonds. The maximum Gasteiger partial charge on any atom is 0.253 e. The van der Waals surface area contributed by atoms with Crippen molar-refractivity contribution < 1.29 is 17.9 Å². The molecule has 0 radical (unpaired) electrons. The number of nitrogens with one attached hydrogen (secondary N) is 1. The van der Waals surface area contributed by atoms with E-state index in [9.17, 15) is 13.2 Å². The lowest BCUT2D eigenvalue weighted by molar-refractivity contribution is 0.0269. The van der Waals surface area contributed by atoms with Crippen molar-refractivity contribution in [2.75, 3.05) is 30.7 Å². The molecule has 1 saturated heterocycles. The molecule has 1 aromatic rings. The molecule has 22 heavy (non-hydrogen) atoms. The molecule has 0 spiro atoms. The third-order valence-electron chi connectivity index (χ3n) is 3.78. The monoisotopic (exact) mass is 326 g/mol. The number of methoxy groups -OCH3 is 1. The van der Waals surface area contributed by atoms with E-state index >= 15 is 0 Å². The zero-order valence-electron chi connectivity index (χ0n) is 12.9. The first-order valence-electron chi connectivity index (χ1n) is 7.38. The molecule has 1 aliphatic heterocycles. The molecule has 1 fully saturated rings. The van der Waals surface area contributed by atoms with Crippen molar-refractivity contribution in [3.05, 3.63) is 29.8 Å². The Labute approximate surface area is 131 Å². The summed E-state index contributed by atoms with van der Waals surface area (Å²) in [6.07, 6.45) is 1.99. The molecule has 0 aliphatic carbocycles. The molecule has 1 aromatic carbocycles. The number of likely N-dealkylation sites (tertiary alicyclic amines) is 1. The van der Waals surface area contributed by atoms with Crippen LogP contribution < -0.4 is 4.72 Å². The standard InChI is InChI=1S/C15H22N2O4S/c1-3-22(19,20)16-13-8-6-12(7-9-13)15(18)17-10-4-5-14(11-17)21-2/h6-9,14,16H,3-5,10-11H2,1-2H3/t14-/m1/s1. The number of hydrogen-bond donors (Lipinski definition) is 1. The molecule has 6 nitrogen and oxygen atoms in total. The Kier molecular flexibility index (Phi) is 5.42. The topological polar surface area (TPSA) is 75.7 Å². The lowest BCUT2D eigenvalue weighted by Crippen LogP contribution is -2.42. The fourth-order valence-corrected chi connectivity index (χ4v) is 3.07. The van der Waals surface area contributed by atoms with E-state index in [0.717, 1.165) is 19.4 Å². The first kappa shape index (κ1) is 16.8. The van der Waals surface area contributed by atoms with Gasteiger partial charge in [0.05, 0.1) is 11.9 Å². The number of nitrogens with zero attached hydrogens (tertiary/aromatic N) is 1. The maximum atomic E-state index is 12.4. The van der Waals surface area contributed by atoms with E-state index < -0.39 is 10.0 Å². The Morgan fingerprint density at radius 2 is 2.05 bits per heavy atom. The van der Waals surface area contributed by atoms with Gasteiger partial charge in [0.15, 0.2) is 0 Å². The predicted molar refractivity (Wildman–Crippen MR) is 85.5 cm³/mol. The molecular formula is C15H22N2O4S. The fourth-order valence-electron chi connectivity index (χ4n) is 2.43. The Balaban J connectivity index is 2.05. The number of piperidine rings is 1. The highest BCUT2D eigenvalue weighted by molar-refractivity contribution is 7.92. The third-order valence-corrected chi connectivity index (χ3v) is 5.09. The normalized spacial score (nSPS) is 19.0. The molecule has 0 bridgehead atoms. The van der Waals surface area contributed by atoms with Crippen molar-refractivity contribution in [1.29, 1.82) is 0 Å². The van der Waals surface area contributed by atoms with Gasteiger partial charge in [0, 0.05) is 31.5 Å². The van der Waals surface area contributed by atoms with Crippen LogP contribution in [0.25, 0.3) is 0 Å². The van der Waals surface area contributed by atoms with Crippen LogP contribution in [0.3, 0.4) is 0 Å². The van der Waals surface area contributed by atoms with Gasteiger partial charge in [0.2, 0.25) is 10.0 Å². The number of ether oxygens (including phenoxy) is 1. The van der Waals surface area contributed by atoms with Crippen LogP contribution in [0.5, 0.6) is 0 Å². The third kappa shape index (κ3) is 4.20. The SMILES string of the molecule is CCS(=O)(=O)Nc1ccc(C(=O)N2CCC[C@@H](OC)C2)cc1. The lowest BCUT2D eigenvalue weighted by atomic mass is 10.1. The van der Waals surface area contributed by atoms with Gasteiger partial charge in [-0.3, -0.25) is 9.52 Å². The van der Waals surface area contributed by atoms with Crippen LogP contribution in [0, 0.1) is 0 Å². The van der Waals surface area contributed by atoms with Crippen LogP contribution in [0.15, 0.2) is 24.3 Å². The van der Waals surface area contributed by atoms with Gasteiger partial charge in [-0.2, -0.15) is 0 Å². The highest BCUT2D eigenvalue weighted by atomic mass is 32.2. The molecule has 122 valence electrons. The molecule has 2 rings (SSSR count). The van der Waals surface area contributed by atoms with E-state index in [1.807, 2.05) is 0 Å². The number of rotatable bonds is 5. The van der Waals surface area contributed by atoms with Crippen molar-refractivity contribution in [2.24, 2.45) is 0 Å². The van der Waals surface area contributed by atoms with Crippen LogP contribution in [0.4, 0.5) is 5.69 Å². The Morgan fingerprint density at radius 3 is 2.64 bits per heavy atom. The molecule has 0 saturated carbocycles. The van der Waals surface area contributed by atoms with Gasteiger partial charge >= 0.3 is 0 Å². The minimum atomic E-state index is -3.30. The summed E-state index contributed by atoms with van der Waals surface area (Å²) >= 11 is 0. The fraction of sp³-hybridized carbons (Fsp3) is 0.533. The average Bonchev–Trinajstić information content (AvgIpc) is 2.54. The summed E-state index contributed by atoms with van der Waals surface area (Å²) in [6.45, 7) is 2.89. The largest absolute Gasteiger partial charge is 0.380 e. The zero-order chi connectivity index (χ0) is 16.2. The first-order chi connectivity index (χ1) is 10.4. The van der Waals surface area contributed by atoms with Crippen molar-refractivity contribution in [2.45, 2.75) is 25.9 Å². The van der Waals surface area contributed by atoms with E-state index in [2.05, 4.69) is 4.72 Å². The van der Waals surface area contributed by atoms with E-state index in [0.29, 0.717) is 17.8 Å². The Bertz CT molecular complexity index is 613. The molecule has 1 N–H and O–H groups in total. The second-order valence-electron chi connectivity index (χ2n) is 5.33. The van der Waals surface area contributed by atoms with Crippen LogP contribution >= 0.6 is 0 Å². The van der Waals surface area contributed by atoms with Gasteiger partial charge in [-0.25, -0.2) is 8.42 Å². The lowest BCUT2D eigenvalue weighted by Gasteiger charge is -2.32. The summed E-state index contributed by atoms with van der Waals surface area (Å²) < 4.78 is 30.8. The molecule has 1 aliphatic rings. The van der Waals surface area contributed by atoms with Gasteiger partial charge < -0.3 is 9.64 Å².